The van der Waals surface area contributed by atoms with E-state index >= 15 is 0 Å². The molecule has 2 rings (SSSR count). The second kappa shape index (κ2) is 7.88. The lowest BCUT2D eigenvalue weighted by molar-refractivity contribution is 0.209. The Morgan fingerprint density at radius 2 is 1.70 bits per heavy atom. The SMILES string of the molecule is COc1cccc(CN)c1OCCOc1cc(C)cc(C)c1C. The maximum absolute atomic E-state index is 5.87. The first-order valence-corrected chi connectivity index (χ1v) is 7.76. The molecule has 2 aromatic carbocycles. The average molecular weight is 315 g/mol. The highest BCUT2D eigenvalue weighted by molar-refractivity contribution is 5.46. The number of ether oxygens (including phenoxy) is 3. The average Bonchev–Trinajstić information content (AvgIpc) is 2.55. The number of hydrogen-bond donors (Lipinski definition) is 1. The minimum absolute atomic E-state index is 0.406. The van der Waals surface area contributed by atoms with Crippen LogP contribution in [0.5, 0.6) is 17.2 Å². The Kier molecular flexibility index (Phi) is 5.88. The molecule has 0 atom stereocenters. The lowest BCUT2D eigenvalue weighted by Crippen LogP contribution is -2.12. The van der Waals surface area contributed by atoms with E-state index in [9.17, 15) is 0 Å². The fraction of sp³-hybridized carbons (Fsp3) is 0.368. The van der Waals surface area contributed by atoms with Gasteiger partial charge in [0.25, 0.3) is 0 Å². The van der Waals surface area contributed by atoms with Crippen molar-refractivity contribution in [1.29, 1.82) is 0 Å². The summed E-state index contributed by atoms with van der Waals surface area (Å²) < 4.78 is 17.0. The molecule has 0 bridgehead atoms. The maximum atomic E-state index is 5.87. The van der Waals surface area contributed by atoms with Crippen LogP contribution in [0.25, 0.3) is 0 Å². The van der Waals surface area contributed by atoms with Crippen LogP contribution < -0.4 is 19.9 Å². The van der Waals surface area contributed by atoms with Crippen molar-refractivity contribution in [3.05, 3.63) is 52.6 Å². The third kappa shape index (κ3) is 4.17. The van der Waals surface area contributed by atoms with Gasteiger partial charge in [-0.25, -0.2) is 0 Å². The number of hydrogen-bond acceptors (Lipinski definition) is 4. The first kappa shape index (κ1) is 17.2. The molecule has 0 saturated heterocycles. The second-order valence-electron chi connectivity index (χ2n) is 5.55. The van der Waals surface area contributed by atoms with E-state index in [1.54, 1.807) is 7.11 Å². The molecule has 0 unspecified atom stereocenters. The summed E-state index contributed by atoms with van der Waals surface area (Å²) in [6.07, 6.45) is 0. The summed E-state index contributed by atoms with van der Waals surface area (Å²) in [5, 5.41) is 0. The van der Waals surface area contributed by atoms with Gasteiger partial charge >= 0.3 is 0 Å². The van der Waals surface area contributed by atoms with Gasteiger partial charge in [0, 0.05) is 12.1 Å². The van der Waals surface area contributed by atoms with Gasteiger partial charge in [-0.3, -0.25) is 0 Å². The quantitative estimate of drug-likeness (QED) is 0.794. The van der Waals surface area contributed by atoms with Crippen LogP contribution in [0.3, 0.4) is 0 Å². The molecule has 23 heavy (non-hydrogen) atoms. The molecule has 0 spiro atoms. The largest absolute Gasteiger partial charge is 0.493 e. The molecular formula is C19H25NO3. The molecule has 0 radical (unpaired) electrons. The first-order chi connectivity index (χ1) is 11.1. The first-order valence-electron chi connectivity index (χ1n) is 7.76. The van der Waals surface area contributed by atoms with E-state index < -0.39 is 0 Å². The lowest BCUT2D eigenvalue weighted by Gasteiger charge is -2.16. The normalized spacial score (nSPS) is 10.5. The summed E-state index contributed by atoms with van der Waals surface area (Å²) in [6, 6.07) is 9.91. The van der Waals surface area contributed by atoms with E-state index in [1.165, 1.54) is 11.1 Å². The van der Waals surface area contributed by atoms with E-state index in [4.69, 9.17) is 19.9 Å². The van der Waals surface area contributed by atoms with Gasteiger partial charge in [-0.15, -0.1) is 0 Å². The highest BCUT2D eigenvalue weighted by Crippen LogP contribution is 2.30. The molecule has 2 N–H and O–H groups in total. The minimum Gasteiger partial charge on any atom is -0.493 e. The number of rotatable bonds is 7. The molecular weight excluding hydrogens is 290 g/mol. The molecule has 2 aromatic rings. The van der Waals surface area contributed by atoms with Crippen molar-refractivity contribution in [1.82, 2.24) is 0 Å². The molecule has 4 heteroatoms. The molecule has 0 aliphatic rings. The van der Waals surface area contributed by atoms with Crippen LogP contribution in [0.15, 0.2) is 30.3 Å². The summed E-state index contributed by atoms with van der Waals surface area (Å²) >= 11 is 0. The van der Waals surface area contributed by atoms with Crippen molar-refractivity contribution in [3.63, 3.8) is 0 Å². The molecule has 0 aliphatic carbocycles. The van der Waals surface area contributed by atoms with Crippen molar-refractivity contribution < 1.29 is 14.2 Å². The van der Waals surface area contributed by atoms with Gasteiger partial charge in [0.15, 0.2) is 11.5 Å². The fourth-order valence-corrected chi connectivity index (χ4v) is 2.49. The van der Waals surface area contributed by atoms with Gasteiger partial charge in [0.1, 0.15) is 19.0 Å². The third-order valence-corrected chi connectivity index (χ3v) is 3.85. The van der Waals surface area contributed by atoms with Crippen LogP contribution in [0.1, 0.15) is 22.3 Å². The van der Waals surface area contributed by atoms with Crippen LogP contribution in [-0.2, 0) is 6.54 Å². The molecule has 0 saturated carbocycles. The Hall–Kier alpha value is -2.20. The van der Waals surface area contributed by atoms with Crippen LogP contribution in [0, 0.1) is 20.8 Å². The molecule has 0 aromatic heterocycles. The van der Waals surface area contributed by atoms with Crippen molar-refractivity contribution in [3.8, 4) is 17.2 Å². The highest BCUT2D eigenvalue weighted by Gasteiger charge is 2.10. The maximum Gasteiger partial charge on any atom is 0.165 e. The number of para-hydroxylation sites is 1. The van der Waals surface area contributed by atoms with E-state index in [0.717, 1.165) is 16.9 Å². The van der Waals surface area contributed by atoms with Gasteiger partial charge in [-0.2, -0.15) is 0 Å². The van der Waals surface area contributed by atoms with Crippen LogP contribution in [0.2, 0.25) is 0 Å². The molecule has 0 fully saturated rings. The van der Waals surface area contributed by atoms with Crippen LogP contribution in [0.4, 0.5) is 0 Å². The number of benzene rings is 2. The fourth-order valence-electron chi connectivity index (χ4n) is 2.49. The van der Waals surface area contributed by atoms with Crippen LogP contribution in [-0.4, -0.2) is 20.3 Å². The van der Waals surface area contributed by atoms with Gasteiger partial charge in [0.05, 0.1) is 7.11 Å². The summed E-state index contributed by atoms with van der Waals surface area (Å²) in [5.41, 5.74) is 10.3. The molecule has 0 heterocycles. The smallest absolute Gasteiger partial charge is 0.165 e. The molecule has 0 aliphatic heterocycles. The van der Waals surface area contributed by atoms with Crippen molar-refractivity contribution in [2.45, 2.75) is 27.3 Å². The number of methoxy groups -OCH3 is 1. The third-order valence-electron chi connectivity index (χ3n) is 3.85. The Morgan fingerprint density at radius 3 is 2.39 bits per heavy atom. The van der Waals surface area contributed by atoms with Crippen molar-refractivity contribution in [2.75, 3.05) is 20.3 Å². The van der Waals surface area contributed by atoms with Gasteiger partial charge < -0.3 is 19.9 Å². The standard InChI is InChI=1S/C19H25NO3/c1-13-10-14(2)15(3)18(11-13)22-8-9-23-19-16(12-20)6-5-7-17(19)21-4/h5-7,10-11H,8-9,12,20H2,1-4H3. The molecule has 124 valence electrons. The van der Waals surface area contributed by atoms with E-state index in [1.807, 2.05) is 18.2 Å². The van der Waals surface area contributed by atoms with E-state index in [2.05, 4.69) is 32.9 Å². The van der Waals surface area contributed by atoms with E-state index in [-0.39, 0.29) is 0 Å². The zero-order chi connectivity index (χ0) is 16.8. The Balaban J connectivity index is 1.99. The lowest BCUT2D eigenvalue weighted by atomic mass is 10.1. The zero-order valence-electron chi connectivity index (χ0n) is 14.3. The summed E-state index contributed by atoms with van der Waals surface area (Å²) in [6.45, 7) is 7.53. The summed E-state index contributed by atoms with van der Waals surface area (Å²) in [4.78, 5) is 0. The zero-order valence-corrected chi connectivity index (χ0v) is 14.3. The summed E-state index contributed by atoms with van der Waals surface area (Å²) in [5.74, 6) is 2.29. The van der Waals surface area contributed by atoms with Crippen LogP contribution >= 0.6 is 0 Å². The molecule has 0 amide bonds. The number of aryl methyl sites for hydroxylation is 2. The van der Waals surface area contributed by atoms with Crippen molar-refractivity contribution >= 4 is 0 Å². The Labute approximate surface area is 138 Å². The number of nitrogens with two attached hydrogens (primary N) is 1. The predicted molar refractivity (Wildman–Crippen MR) is 92.5 cm³/mol. The second-order valence-corrected chi connectivity index (χ2v) is 5.55. The minimum atomic E-state index is 0.406. The van der Waals surface area contributed by atoms with Crippen molar-refractivity contribution in [2.24, 2.45) is 5.73 Å². The molecule has 4 nitrogen and oxygen atoms in total. The van der Waals surface area contributed by atoms with Gasteiger partial charge in [-0.1, -0.05) is 18.2 Å². The topological polar surface area (TPSA) is 53.7 Å². The highest BCUT2D eigenvalue weighted by atomic mass is 16.5. The monoisotopic (exact) mass is 315 g/mol. The van der Waals surface area contributed by atoms with E-state index in [0.29, 0.717) is 31.3 Å². The van der Waals surface area contributed by atoms with Gasteiger partial charge in [-0.05, 0) is 49.6 Å². The Bertz CT molecular complexity index is 646. The Morgan fingerprint density at radius 1 is 0.957 bits per heavy atom. The summed E-state index contributed by atoms with van der Waals surface area (Å²) in [7, 11) is 1.62. The van der Waals surface area contributed by atoms with Gasteiger partial charge in [0.2, 0.25) is 0 Å². The predicted octanol–water partition coefficient (Wildman–Crippen LogP) is 3.54.